The second-order valence-corrected chi connectivity index (χ2v) is 7.56. The molecular weight excluding hydrogens is 360 g/mol. The summed E-state index contributed by atoms with van der Waals surface area (Å²) >= 11 is 1.01. The monoisotopic (exact) mass is 376 g/mol. The number of thiocyanates is 1. The molecule has 0 amide bonds. The maximum Gasteiger partial charge on any atom is 0.338 e. The van der Waals surface area contributed by atoms with Crippen molar-refractivity contribution >= 4 is 33.4 Å². The first-order valence-corrected chi connectivity index (χ1v) is 9.64. The normalized spacial score (nSPS) is 10.8. The Kier molecular flexibility index (Phi) is 6.07. The van der Waals surface area contributed by atoms with Crippen LogP contribution in [0.1, 0.15) is 22.8 Å². The first kappa shape index (κ1) is 18.8. The molecule has 0 saturated carbocycles. The largest absolute Gasteiger partial charge is 0.462 e. The lowest BCUT2D eigenvalue weighted by Crippen LogP contribution is -2.14. The standard InChI is InChI=1S/C17H16N2O4S2/c1-3-23-17(20)13-4-7-15(8-5-13)25(21,22)19-16-9-6-14(24-11-18)10-12(16)2/h4-10,19H,3H2,1-2H3. The van der Waals surface area contributed by atoms with Crippen LogP contribution in [0.2, 0.25) is 0 Å². The van der Waals surface area contributed by atoms with Gasteiger partial charge in [-0.25, -0.2) is 13.2 Å². The van der Waals surface area contributed by atoms with E-state index in [1.54, 1.807) is 32.0 Å². The SMILES string of the molecule is CCOC(=O)c1ccc(S(=O)(=O)Nc2ccc(SC#N)cc2C)cc1. The fourth-order valence-corrected chi connectivity index (χ4v) is 3.66. The minimum atomic E-state index is -3.79. The third-order valence-corrected chi connectivity index (χ3v) is 5.24. The first-order chi connectivity index (χ1) is 11.9. The zero-order valence-corrected chi connectivity index (χ0v) is 15.3. The maximum absolute atomic E-state index is 12.5. The first-order valence-electron chi connectivity index (χ1n) is 7.34. The maximum atomic E-state index is 12.5. The lowest BCUT2D eigenvalue weighted by Gasteiger charge is -2.11. The number of aryl methyl sites for hydroxylation is 1. The van der Waals surface area contributed by atoms with Crippen molar-refractivity contribution in [2.75, 3.05) is 11.3 Å². The average Bonchev–Trinajstić information content (AvgIpc) is 2.58. The van der Waals surface area contributed by atoms with Gasteiger partial charge in [-0.1, -0.05) is 0 Å². The van der Waals surface area contributed by atoms with E-state index < -0.39 is 16.0 Å². The minimum absolute atomic E-state index is 0.0374. The number of sulfonamides is 1. The number of benzene rings is 2. The Labute approximate surface area is 150 Å². The number of ether oxygens (including phenoxy) is 1. The molecule has 1 N–H and O–H groups in total. The van der Waals surface area contributed by atoms with Crippen LogP contribution in [-0.4, -0.2) is 21.0 Å². The van der Waals surface area contributed by atoms with Crippen molar-refractivity contribution in [2.45, 2.75) is 23.6 Å². The number of nitriles is 1. The predicted molar refractivity (Wildman–Crippen MR) is 95.9 cm³/mol. The summed E-state index contributed by atoms with van der Waals surface area (Å²) in [6, 6.07) is 10.5. The van der Waals surface area contributed by atoms with Crippen LogP contribution in [0, 0.1) is 17.6 Å². The number of esters is 1. The second-order valence-electron chi connectivity index (χ2n) is 5.02. The summed E-state index contributed by atoms with van der Waals surface area (Å²) in [5.41, 5.74) is 1.42. The van der Waals surface area contributed by atoms with Gasteiger partial charge in [-0.3, -0.25) is 4.72 Å². The van der Waals surface area contributed by atoms with Crippen LogP contribution >= 0.6 is 11.8 Å². The Balaban J connectivity index is 2.22. The highest BCUT2D eigenvalue weighted by Gasteiger charge is 2.16. The number of rotatable bonds is 6. The number of carbonyl (C=O) groups excluding carboxylic acids is 1. The van der Waals surface area contributed by atoms with Gasteiger partial charge in [-0.15, -0.1) is 0 Å². The fourth-order valence-electron chi connectivity index (χ4n) is 2.06. The van der Waals surface area contributed by atoms with Gasteiger partial charge >= 0.3 is 5.97 Å². The molecule has 2 rings (SSSR count). The number of carbonyl (C=O) groups is 1. The summed E-state index contributed by atoms with van der Waals surface area (Å²) < 4.78 is 32.3. The molecule has 0 aliphatic rings. The second kappa shape index (κ2) is 8.05. The molecule has 8 heteroatoms. The molecule has 0 aromatic heterocycles. The van der Waals surface area contributed by atoms with E-state index in [-0.39, 0.29) is 17.1 Å². The van der Waals surface area contributed by atoms with Gasteiger partial charge in [0, 0.05) is 4.90 Å². The molecule has 0 heterocycles. The Morgan fingerprint density at radius 3 is 2.48 bits per heavy atom. The Morgan fingerprint density at radius 2 is 1.92 bits per heavy atom. The molecular formula is C17H16N2O4S2. The van der Waals surface area contributed by atoms with Crippen LogP contribution < -0.4 is 4.72 Å². The van der Waals surface area contributed by atoms with Crippen molar-refractivity contribution in [3.63, 3.8) is 0 Å². The van der Waals surface area contributed by atoms with Crippen LogP contribution in [0.3, 0.4) is 0 Å². The van der Waals surface area contributed by atoms with Crippen LogP contribution in [0.5, 0.6) is 0 Å². The third kappa shape index (κ3) is 4.75. The van der Waals surface area contributed by atoms with Crippen molar-refractivity contribution in [1.82, 2.24) is 0 Å². The summed E-state index contributed by atoms with van der Waals surface area (Å²) in [7, 11) is -3.79. The molecule has 0 aliphatic carbocycles. The molecule has 0 spiro atoms. The summed E-state index contributed by atoms with van der Waals surface area (Å²) in [4.78, 5) is 12.4. The zero-order valence-electron chi connectivity index (χ0n) is 13.6. The van der Waals surface area contributed by atoms with Crippen molar-refractivity contribution in [3.8, 4) is 5.40 Å². The van der Waals surface area contributed by atoms with Gasteiger partial charge in [0.25, 0.3) is 10.0 Å². The number of nitrogens with zero attached hydrogens (tertiary/aromatic N) is 1. The van der Waals surface area contributed by atoms with Crippen LogP contribution in [-0.2, 0) is 14.8 Å². The Hall–Kier alpha value is -2.50. The zero-order chi connectivity index (χ0) is 18.4. The molecule has 0 fully saturated rings. The van der Waals surface area contributed by atoms with E-state index in [4.69, 9.17) is 10.00 Å². The Morgan fingerprint density at radius 1 is 1.24 bits per heavy atom. The summed E-state index contributed by atoms with van der Waals surface area (Å²) in [6.07, 6.45) is 0. The fraction of sp³-hybridized carbons (Fsp3) is 0.176. The number of anilines is 1. The average molecular weight is 376 g/mol. The molecule has 0 saturated heterocycles. The van der Waals surface area contributed by atoms with E-state index in [1.165, 1.54) is 24.3 Å². The van der Waals surface area contributed by atoms with Crippen LogP contribution in [0.15, 0.2) is 52.3 Å². The molecule has 0 radical (unpaired) electrons. The molecule has 6 nitrogen and oxygen atoms in total. The minimum Gasteiger partial charge on any atom is -0.462 e. The summed E-state index contributed by atoms with van der Waals surface area (Å²) in [5, 5.41) is 10.6. The highest BCUT2D eigenvalue weighted by atomic mass is 32.2. The van der Waals surface area contributed by atoms with E-state index in [2.05, 4.69) is 4.72 Å². The van der Waals surface area contributed by atoms with E-state index in [0.29, 0.717) is 11.3 Å². The molecule has 0 unspecified atom stereocenters. The quantitative estimate of drug-likeness (QED) is 0.470. The van der Waals surface area contributed by atoms with Gasteiger partial charge in [0.05, 0.1) is 22.8 Å². The summed E-state index contributed by atoms with van der Waals surface area (Å²) in [6.45, 7) is 3.70. The molecule has 0 atom stereocenters. The lowest BCUT2D eigenvalue weighted by atomic mass is 10.2. The van der Waals surface area contributed by atoms with E-state index in [0.717, 1.165) is 16.7 Å². The van der Waals surface area contributed by atoms with Gasteiger partial charge in [0.15, 0.2) is 0 Å². The van der Waals surface area contributed by atoms with Gasteiger partial charge < -0.3 is 4.74 Å². The molecule has 0 aliphatic heterocycles. The highest BCUT2D eigenvalue weighted by molar-refractivity contribution is 8.03. The lowest BCUT2D eigenvalue weighted by molar-refractivity contribution is 0.0526. The number of nitrogens with one attached hydrogen (secondary N) is 1. The summed E-state index contributed by atoms with van der Waals surface area (Å²) in [5.74, 6) is -0.499. The molecule has 25 heavy (non-hydrogen) atoms. The van der Waals surface area contributed by atoms with E-state index in [9.17, 15) is 13.2 Å². The van der Waals surface area contributed by atoms with Crippen molar-refractivity contribution in [3.05, 3.63) is 53.6 Å². The number of hydrogen-bond acceptors (Lipinski definition) is 6. The van der Waals surface area contributed by atoms with Gasteiger partial charge in [0.2, 0.25) is 0 Å². The van der Waals surface area contributed by atoms with Crippen molar-refractivity contribution in [1.29, 1.82) is 5.26 Å². The molecule has 2 aromatic carbocycles. The topological polar surface area (TPSA) is 96.3 Å². The Bertz CT molecular complexity index is 917. The number of thioether (sulfide) groups is 1. The smallest absolute Gasteiger partial charge is 0.338 e. The third-order valence-electron chi connectivity index (χ3n) is 3.28. The highest BCUT2D eigenvalue weighted by Crippen LogP contribution is 2.25. The molecule has 2 aromatic rings. The molecule has 0 bridgehead atoms. The van der Waals surface area contributed by atoms with Gasteiger partial charge in [-0.05, 0) is 73.6 Å². The van der Waals surface area contributed by atoms with E-state index in [1.807, 2.05) is 5.40 Å². The predicted octanol–water partition coefficient (Wildman–Crippen LogP) is 3.55. The van der Waals surface area contributed by atoms with Crippen LogP contribution in [0.25, 0.3) is 0 Å². The van der Waals surface area contributed by atoms with Crippen LogP contribution in [0.4, 0.5) is 5.69 Å². The van der Waals surface area contributed by atoms with Crippen molar-refractivity contribution < 1.29 is 17.9 Å². The van der Waals surface area contributed by atoms with Crippen molar-refractivity contribution in [2.24, 2.45) is 0 Å². The van der Waals surface area contributed by atoms with Gasteiger partial charge in [0.1, 0.15) is 5.40 Å². The molecule has 130 valence electrons. The van der Waals surface area contributed by atoms with Gasteiger partial charge in [-0.2, -0.15) is 5.26 Å². The van der Waals surface area contributed by atoms with E-state index >= 15 is 0 Å². The number of hydrogen-bond donors (Lipinski definition) is 1.